The Kier molecular flexibility index (Phi) is 5.71. The number of nitrogens with zero attached hydrogens (tertiary/aromatic N) is 2. The molecular weight excluding hydrogens is 366 g/mol. The number of hydrogen-bond acceptors (Lipinski definition) is 4. The van der Waals surface area contributed by atoms with Crippen LogP contribution in [-0.4, -0.2) is 51.4 Å². The molecule has 1 amide bonds. The minimum absolute atomic E-state index is 0.00264. The van der Waals surface area contributed by atoms with Gasteiger partial charge >= 0.3 is 0 Å². The average molecular weight is 394 g/mol. The van der Waals surface area contributed by atoms with Gasteiger partial charge in [-0.3, -0.25) is 4.79 Å². The maximum absolute atomic E-state index is 11.7. The predicted octanol–water partition coefficient (Wildman–Crippen LogP) is 0.402. The van der Waals surface area contributed by atoms with Gasteiger partial charge < -0.3 is 15.5 Å². The number of carbonyl (C=O) groups is 1. The highest BCUT2D eigenvalue weighted by Gasteiger charge is 2.42. The summed E-state index contributed by atoms with van der Waals surface area (Å²) in [6.07, 6.45) is 2.66. The van der Waals surface area contributed by atoms with Crippen LogP contribution in [0.3, 0.4) is 0 Å². The van der Waals surface area contributed by atoms with Crippen LogP contribution in [0.1, 0.15) is 31.7 Å². The standard InChI is InChI=1S/C18H27N5O3S/c1-2-20-17(21-11-14-4-6-15(7-5-14)27(19,25)26)23-9-3-8-18(13-23)10-16(24)22-12-18/h4-7H,2-3,8-13H2,1H3,(H,20,21)(H,22,24)(H2,19,25,26). The molecule has 0 saturated carbocycles. The van der Waals surface area contributed by atoms with Crippen LogP contribution in [0, 0.1) is 5.41 Å². The lowest BCUT2D eigenvalue weighted by atomic mass is 9.79. The molecule has 2 heterocycles. The predicted molar refractivity (Wildman–Crippen MR) is 103 cm³/mol. The zero-order valence-corrected chi connectivity index (χ0v) is 16.4. The molecule has 2 aliphatic rings. The summed E-state index contributed by atoms with van der Waals surface area (Å²) in [4.78, 5) is 18.7. The van der Waals surface area contributed by atoms with Crippen molar-refractivity contribution in [2.75, 3.05) is 26.2 Å². The third-order valence-corrected chi connectivity index (χ3v) is 6.08. The van der Waals surface area contributed by atoms with Gasteiger partial charge in [0.25, 0.3) is 0 Å². The zero-order chi connectivity index (χ0) is 19.5. The van der Waals surface area contributed by atoms with Gasteiger partial charge in [0.1, 0.15) is 0 Å². The minimum atomic E-state index is -3.68. The second kappa shape index (κ2) is 7.85. The van der Waals surface area contributed by atoms with E-state index in [9.17, 15) is 13.2 Å². The first-order valence-electron chi connectivity index (χ1n) is 9.23. The summed E-state index contributed by atoms with van der Waals surface area (Å²) in [6.45, 7) is 5.67. The second-order valence-corrected chi connectivity index (χ2v) is 8.90. The molecular formula is C18H27N5O3S. The Hall–Kier alpha value is -2.13. The first-order valence-corrected chi connectivity index (χ1v) is 10.8. The van der Waals surface area contributed by atoms with Crippen molar-refractivity contribution in [2.45, 2.75) is 37.6 Å². The third kappa shape index (κ3) is 4.78. The van der Waals surface area contributed by atoms with Gasteiger partial charge in [0, 0.05) is 38.0 Å². The number of likely N-dealkylation sites (tertiary alicyclic amines) is 1. The monoisotopic (exact) mass is 393 g/mol. The highest BCUT2D eigenvalue weighted by molar-refractivity contribution is 7.89. The highest BCUT2D eigenvalue weighted by Crippen LogP contribution is 2.36. The lowest BCUT2D eigenvalue weighted by Crippen LogP contribution is -2.51. The molecule has 2 saturated heterocycles. The van der Waals surface area contributed by atoms with Crippen LogP contribution in [0.2, 0.25) is 0 Å². The molecule has 148 valence electrons. The van der Waals surface area contributed by atoms with Gasteiger partial charge in [-0.25, -0.2) is 18.5 Å². The van der Waals surface area contributed by atoms with Crippen molar-refractivity contribution in [3.63, 3.8) is 0 Å². The number of rotatable bonds is 4. The topological polar surface area (TPSA) is 117 Å². The molecule has 1 atom stereocenters. The average Bonchev–Trinajstić information content (AvgIpc) is 2.98. The Bertz CT molecular complexity index is 822. The van der Waals surface area contributed by atoms with Crippen molar-refractivity contribution in [3.05, 3.63) is 29.8 Å². The number of aliphatic imine (C=N–C) groups is 1. The van der Waals surface area contributed by atoms with Gasteiger partial charge in [0.15, 0.2) is 5.96 Å². The molecule has 0 aliphatic carbocycles. The Balaban J connectivity index is 1.72. The number of benzene rings is 1. The van der Waals surface area contributed by atoms with Gasteiger partial charge in [0.2, 0.25) is 15.9 Å². The summed E-state index contributed by atoms with van der Waals surface area (Å²) in [5.74, 6) is 0.959. The van der Waals surface area contributed by atoms with E-state index >= 15 is 0 Å². The van der Waals surface area contributed by atoms with Crippen LogP contribution in [0.25, 0.3) is 0 Å². The number of piperidine rings is 1. The quantitative estimate of drug-likeness (QED) is 0.506. The van der Waals surface area contributed by atoms with E-state index in [1.165, 1.54) is 12.1 Å². The van der Waals surface area contributed by atoms with Gasteiger partial charge in [0.05, 0.1) is 11.4 Å². The van der Waals surface area contributed by atoms with E-state index in [-0.39, 0.29) is 16.2 Å². The number of nitrogens with one attached hydrogen (secondary N) is 2. The number of nitrogens with two attached hydrogens (primary N) is 1. The molecule has 2 aliphatic heterocycles. The largest absolute Gasteiger partial charge is 0.357 e. The fraction of sp³-hybridized carbons (Fsp3) is 0.556. The highest BCUT2D eigenvalue weighted by atomic mass is 32.2. The molecule has 4 N–H and O–H groups in total. The molecule has 0 radical (unpaired) electrons. The van der Waals surface area contributed by atoms with Gasteiger partial charge in [-0.2, -0.15) is 0 Å². The fourth-order valence-electron chi connectivity index (χ4n) is 3.81. The van der Waals surface area contributed by atoms with Crippen molar-refractivity contribution < 1.29 is 13.2 Å². The summed E-state index contributed by atoms with van der Waals surface area (Å²) < 4.78 is 22.7. The molecule has 1 unspecified atom stereocenters. The number of carbonyl (C=O) groups excluding carboxylic acids is 1. The summed E-state index contributed by atoms with van der Waals surface area (Å²) in [5.41, 5.74) is 0.907. The van der Waals surface area contributed by atoms with Crippen LogP contribution in [-0.2, 0) is 21.4 Å². The Morgan fingerprint density at radius 3 is 2.70 bits per heavy atom. The van der Waals surface area contributed by atoms with E-state index in [1.807, 2.05) is 6.92 Å². The molecule has 9 heteroatoms. The van der Waals surface area contributed by atoms with Crippen LogP contribution in [0.15, 0.2) is 34.2 Å². The van der Waals surface area contributed by atoms with Gasteiger partial charge in [-0.15, -0.1) is 0 Å². The Morgan fingerprint density at radius 1 is 1.37 bits per heavy atom. The second-order valence-electron chi connectivity index (χ2n) is 7.34. The molecule has 1 spiro atoms. The van der Waals surface area contributed by atoms with E-state index < -0.39 is 10.0 Å². The molecule has 0 aromatic heterocycles. The van der Waals surface area contributed by atoms with Crippen molar-refractivity contribution >= 4 is 21.9 Å². The normalized spacial score (nSPS) is 23.6. The van der Waals surface area contributed by atoms with Crippen LogP contribution >= 0.6 is 0 Å². The molecule has 8 nitrogen and oxygen atoms in total. The number of guanidine groups is 1. The minimum Gasteiger partial charge on any atom is -0.357 e. The third-order valence-electron chi connectivity index (χ3n) is 5.16. The van der Waals surface area contributed by atoms with Crippen LogP contribution in [0.5, 0.6) is 0 Å². The van der Waals surface area contributed by atoms with Crippen LogP contribution < -0.4 is 15.8 Å². The first-order chi connectivity index (χ1) is 12.8. The zero-order valence-electron chi connectivity index (χ0n) is 15.6. The van der Waals surface area contributed by atoms with E-state index in [1.54, 1.807) is 12.1 Å². The van der Waals surface area contributed by atoms with E-state index in [0.29, 0.717) is 13.0 Å². The summed E-state index contributed by atoms with van der Waals surface area (Å²) >= 11 is 0. The van der Waals surface area contributed by atoms with Crippen molar-refractivity contribution in [3.8, 4) is 0 Å². The maximum Gasteiger partial charge on any atom is 0.238 e. The summed E-state index contributed by atoms with van der Waals surface area (Å²) in [7, 11) is -3.68. The van der Waals surface area contributed by atoms with Crippen LogP contribution in [0.4, 0.5) is 0 Å². The smallest absolute Gasteiger partial charge is 0.238 e. The lowest BCUT2D eigenvalue weighted by Gasteiger charge is -2.40. The Labute approximate surface area is 160 Å². The SMILES string of the molecule is CCNC(=NCc1ccc(S(N)(=O)=O)cc1)N1CCCC2(CNC(=O)C2)C1. The summed E-state index contributed by atoms with van der Waals surface area (Å²) in [6, 6.07) is 6.45. The van der Waals surface area contributed by atoms with Crippen molar-refractivity contribution in [1.82, 2.24) is 15.5 Å². The molecule has 27 heavy (non-hydrogen) atoms. The maximum atomic E-state index is 11.7. The fourth-order valence-corrected chi connectivity index (χ4v) is 4.32. The molecule has 0 bridgehead atoms. The molecule has 1 aromatic carbocycles. The number of sulfonamides is 1. The Morgan fingerprint density at radius 2 is 2.11 bits per heavy atom. The molecule has 3 rings (SSSR count). The first kappa shape index (κ1) is 19.6. The number of primary sulfonamides is 1. The number of amides is 1. The summed E-state index contributed by atoms with van der Waals surface area (Å²) in [5, 5.41) is 11.4. The van der Waals surface area contributed by atoms with Gasteiger partial charge in [-0.1, -0.05) is 12.1 Å². The van der Waals surface area contributed by atoms with E-state index in [0.717, 1.165) is 50.5 Å². The molecule has 1 aromatic rings. The van der Waals surface area contributed by atoms with Gasteiger partial charge in [-0.05, 0) is 37.5 Å². The molecule has 2 fully saturated rings. The lowest BCUT2D eigenvalue weighted by molar-refractivity contribution is -0.119. The van der Waals surface area contributed by atoms with E-state index in [2.05, 4.69) is 15.5 Å². The van der Waals surface area contributed by atoms with E-state index in [4.69, 9.17) is 10.1 Å². The number of hydrogen-bond donors (Lipinski definition) is 3. The van der Waals surface area contributed by atoms with Crippen molar-refractivity contribution in [1.29, 1.82) is 0 Å². The van der Waals surface area contributed by atoms with Crippen molar-refractivity contribution in [2.24, 2.45) is 15.5 Å².